The van der Waals surface area contributed by atoms with E-state index in [0.717, 1.165) is 27.5 Å². The molecule has 0 saturated carbocycles. The van der Waals surface area contributed by atoms with Crippen LogP contribution in [0.2, 0.25) is 0 Å². The van der Waals surface area contributed by atoms with Gasteiger partial charge in [0.1, 0.15) is 30.0 Å². The standard InChI is InChI=1S/C27H22O3S/c28-22-13-11-20(12-14-22)26-27(21-9-5-2-6-10-21)31-25-16-15-23(17-24(25)30-26)29-18-19-7-3-1-4-8-19/h1-17,26-28H,18H2/t26-,27+/m1/s1/i/hT. The second kappa shape index (κ2) is 8.78. The molecule has 4 heteroatoms. The molecule has 154 valence electrons. The van der Waals surface area contributed by atoms with Gasteiger partial charge in [-0.2, -0.15) is 0 Å². The van der Waals surface area contributed by atoms with E-state index in [1.807, 2.05) is 48.5 Å². The number of ether oxygens (including phenoxy) is 2. The molecule has 0 aromatic heterocycles. The fourth-order valence-electron chi connectivity index (χ4n) is 3.69. The van der Waals surface area contributed by atoms with E-state index in [1.54, 1.807) is 23.9 Å². The zero-order valence-corrected chi connectivity index (χ0v) is 17.6. The van der Waals surface area contributed by atoms with Crippen molar-refractivity contribution in [3.05, 3.63) is 120 Å². The maximum atomic E-state index is 7.11. The SMILES string of the molecule is [3H]Oc1ccc([C@H]2Oc3cc(OCc4ccccc4)ccc3S[C@H]2c2ccccc2)cc1. The molecule has 0 bridgehead atoms. The van der Waals surface area contributed by atoms with Gasteiger partial charge in [0.25, 0.3) is 1.43 Å². The highest BCUT2D eigenvalue weighted by molar-refractivity contribution is 7.99. The molecule has 1 N–H and O–H groups in total. The fraction of sp³-hybridized carbons (Fsp3) is 0.111. The van der Waals surface area contributed by atoms with Crippen LogP contribution in [0.5, 0.6) is 17.2 Å². The van der Waals surface area contributed by atoms with Crippen LogP contribution < -0.4 is 9.47 Å². The summed E-state index contributed by atoms with van der Waals surface area (Å²) < 4.78 is 19.7. The van der Waals surface area contributed by atoms with E-state index in [1.165, 1.54) is 5.56 Å². The van der Waals surface area contributed by atoms with Gasteiger partial charge in [0.15, 0.2) is 0 Å². The number of hydrogen-bond acceptors (Lipinski definition) is 4. The minimum Gasteiger partial charge on any atom is -0.508 e. The second-order valence-electron chi connectivity index (χ2n) is 7.44. The van der Waals surface area contributed by atoms with Gasteiger partial charge in [-0.25, -0.2) is 0 Å². The average molecular weight is 429 g/mol. The minimum atomic E-state index is -0.181. The van der Waals surface area contributed by atoms with E-state index in [-0.39, 0.29) is 11.4 Å². The van der Waals surface area contributed by atoms with Crippen LogP contribution in [0.25, 0.3) is 0 Å². The number of hydrogen-bond donors (Lipinski definition) is 1. The molecule has 3 nitrogen and oxygen atoms in total. The van der Waals surface area contributed by atoms with Crippen molar-refractivity contribution in [1.29, 1.82) is 1.43 Å². The number of phenols is 1. The molecular weight excluding hydrogens is 404 g/mol. The van der Waals surface area contributed by atoms with Crippen molar-refractivity contribution in [2.75, 3.05) is 0 Å². The van der Waals surface area contributed by atoms with Gasteiger partial charge < -0.3 is 14.6 Å². The molecule has 4 aromatic carbocycles. The summed E-state index contributed by atoms with van der Waals surface area (Å²) in [7, 11) is 0. The third-order valence-electron chi connectivity index (χ3n) is 5.28. The predicted octanol–water partition coefficient (Wildman–Crippen LogP) is 6.94. The van der Waals surface area contributed by atoms with Gasteiger partial charge in [-0.15, -0.1) is 11.8 Å². The van der Waals surface area contributed by atoms with E-state index in [2.05, 4.69) is 47.6 Å². The highest BCUT2D eigenvalue weighted by atomic mass is 32.2. The third kappa shape index (κ3) is 4.39. The average Bonchev–Trinajstić information content (AvgIpc) is 2.88. The van der Waals surface area contributed by atoms with Gasteiger partial charge in [0.05, 0.1) is 10.1 Å². The first-order chi connectivity index (χ1) is 15.8. The second-order valence-corrected chi connectivity index (χ2v) is 8.62. The lowest BCUT2D eigenvalue weighted by atomic mass is 10.00. The van der Waals surface area contributed by atoms with Crippen LogP contribution in [0.15, 0.2) is 108 Å². The van der Waals surface area contributed by atoms with Crippen molar-refractivity contribution in [3.63, 3.8) is 0 Å². The van der Waals surface area contributed by atoms with E-state index in [9.17, 15) is 0 Å². The highest BCUT2D eigenvalue weighted by Gasteiger charge is 2.33. The molecular formula is C27H22O3S. The number of fused-ring (bicyclic) bond motifs is 1. The quantitative estimate of drug-likeness (QED) is 0.361. The zero-order valence-electron chi connectivity index (χ0n) is 17.8. The van der Waals surface area contributed by atoms with Crippen molar-refractivity contribution < 1.29 is 14.6 Å². The van der Waals surface area contributed by atoms with Crippen molar-refractivity contribution >= 4 is 11.8 Å². The fourth-order valence-corrected chi connectivity index (χ4v) is 4.96. The highest BCUT2D eigenvalue weighted by Crippen LogP contribution is 2.53. The summed E-state index contributed by atoms with van der Waals surface area (Å²) in [5.74, 6) is 2.10. The number of benzene rings is 4. The van der Waals surface area contributed by atoms with Gasteiger partial charge in [-0.1, -0.05) is 72.8 Å². The molecule has 2 atom stereocenters. The largest absolute Gasteiger partial charge is 0.508 e. The third-order valence-corrected chi connectivity index (χ3v) is 6.65. The molecule has 1 aliphatic rings. The lowest BCUT2D eigenvalue weighted by molar-refractivity contribution is 0.189. The first-order valence-electron chi connectivity index (χ1n) is 10.6. The van der Waals surface area contributed by atoms with Crippen LogP contribution in [0.4, 0.5) is 0 Å². The maximum Gasteiger partial charge on any atom is 0.293 e. The Morgan fingerprint density at radius 1 is 0.839 bits per heavy atom. The predicted molar refractivity (Wildman–Crippen MR) is 124 cm³/mol. The van der Waals surface area contributed by atoms with Crippen LogP contribution in [0, 0.1) is 0 Å². The molecule has 1 heterocycles. The smallest absolute Gasteiger partial charge is 0.293 e. The monoisotopic (exact) mass is 428 g/mol. The van der Waals surface area contributed by atoms with E-state index in [0.29, 0.717) is 12.4 Å². The van der Waals surface area contributed by atoms with E-state index >= 15 is 0 Å². The molecule has 4 aromatic rings. The van der Waals surface area contributed by atoms with E-state index in [4.69, 9.17) is 10.9 Å². The topological polar surface area (TPSA) is 38.7 Å². The molecule has 31 heavy (non-hydrogen) atoms. The summed E-state index contributed by atoms with van der Waals surface area (Å²) >= 11 is 1.80. The summed E-state index contributed by atoms with van der Waals surface area (Å²) in [5, 5.41) is 4.69. The Bertz CT molecular complexity index is 1170. The summed E-state index contributed by atoms with van der Waals surface area (Å²) in [4.78, 5) is 1.09. The number of thioether (sulfide) groups is 1. The molecule has 1 aliphatic heterocycles. The minimum absolute atomic E-state index is 0.0996. The van der Waals surface area contributed by atoms with Gasteiger partial charge in [-0.3, -0.25) is 0 Å². The Morgan fingerprint density at radius 2 is 1.58 bits per heavy atom. The molecule has 0 fully saturated rings. The Hall–Kier alpha value is -3.37. The molecule has 0 amide bonds. The molecule has 0 spiro atoms. The van der Waals surface area contributed by atoms with Crippen molar-refractivity contribution in [2.45, 2.75) is 22.9 Å². The zero-order chi connectivity index (χ0) is 21.8. The number of aromatic hydroxyl groups is 1. The van der Waals surface area contributed by atoms with Crippen LogP contribution in [0.1, 0.15) is 28.0 Å². The number of rotatable bonds is 6. The van der Waals surface area contributed by atoms with Gasteiger partial charge >= 0.3 is 0 Å². The van der Waals surface area contributed by atoms with E-state index < -0.39 is 0 Å². The summed E-state index contributed by atoms with van der Waals surface area (Å²) in [5.41, 5.74) is 3.37. The van der Waals surface area contributed by atoms with Crippen LogP contribution in [0.3, 0.4) is 0 Å². The van der Waals surface area contributed by atoms with Crippen molar-refractivity contribution in [1.82, 2.24) is 0 Å². The molecule has 0 radical (unpaired) electrons. The first kappa shape index (κ1) is 18.4. The number of phenolic OH excluding ortho intramolecular Hbond substituents is 1. The lowest BCUT2D eigenvalue weighted by Crippen LogP contribution is -2.19. The molecule has 0 aliphatic carbocycles. The normalized spacial score (nSPS) is 17.7. The van der Waals surface area contributed by atoms with Crippen LogP contribution in [-0.2, 0) is 6.61 Å². The molecule has 5 rings (SSSR count). The van der Waals surface area contributed by atoms with Gasteiger partial charge in [0.2, 0.25) is 0 Å². The van der Waals surface area contributed by atoms with Crippen LogP contribution >= 0.6 is 11.8 Å². The Labute approximate surface area is 187 Å². The Kier molecular flexibility index (Phi) is 5.21. The molecule has 0 saturated heterocycles. The Balaban J connectivity index is 1.44. The first-order valence-corrected chi connectivity index (χ1v) is 11.1. The van der Waals surface area contributed by atoms with Gasteiger partial charge in [-0.05, 0) is 41.0 Å². The molecule has 0 unspecified atom stereocenters. The van der Waals surface area contributed by atoms with Crippen molar-refractivity contribution in [3.8, 4) is 17.2 Å². The summed E-state index contributed by atoms with van der Waals surface area (Å²) in [6.45, 7) is 0.511. The maximum absolute atomic E-state index is 7.11. The summed E-state index contributed by atoms with van der Waals surface area (Å²) in [6, 6.07) is 34.1. The summed E-state index contributed by atoms with van der Waals surface area (Å²) in [6.07, 6.45) is -0.181. The van der Waals surface area contributed by atoms with Crippen LogP contribution in [-0.4, -0.2) is 6.54 Å². The lowest BCUT2D eigenvalue weighted by Gasteiger charge is -2.34. The Morgan fingerprint density at radius 3 is 2.32 bits per heavy atom. The van der Waals surface area contributed by atoms with Gasteiger partial charge in [0, 0.05) is 6.07 Å². The van der Waals surface area contributed by atoms with Crippen molar-refractivity contribution in [2.24, 2.45) is 0 Å².